The Morgan fingerprint density at radius 2 is 2.04 bits per heavy atom. The molecule has 0 radical (unpaired) electrons. The molecule has 8 heteroatoms. The fourth-order valence-corrected chi connectivity index (χ4v) is 4.40. The van der Waals surface area contributed by atoms with Crippen molar-refractivity contribution in [1.29, 1.82) is 0 Å². The van der Waals surface area contributed by atoms with Crippen molar-refractivity contribution in [3.8, 4) is 0 Å². The Morgan fingerprint density at radius 3 is 2.68 bits per heavy atom. The first-order valence-corrected chi connectivity index (χ1v) is 10.5. The van der Waals surface area contributed by atoms with Crippen molar-refractivity contribution in [2.24, 2.45) is 7.05 Å². The molecule has 1 saturated heterocycles. The molecule has 7 nitrogen and oxygen atoms in total. The molecule has 0 aliphatic carbocycles. The van der Waals surface area contributed by atoms with Gasteiger partial charge in [-0.25, -0.2) is 0 Å². The van der Waals surface area contributed by atoms with Crippen molar-refractivity contribution in [3.63, 3.8) is 0 Å². The molecule has 0 unspecified atom stereocenters. The first-order chi connectivity index (χ1) is 13.5. The maximum absolute atomic E-state index is 12.8. The van der Waals surface area contributed by atoms with E-state index in [0.717, 1.165) is 46.9 Å². The number of furan rings is 1. The smallest absolute Gasteiger partial charge is 0.228 e. The van der Waals surface area contributed by atoms with Crippen LogP contribution in [0.3, 0.4) is 0 Å². The first kappa shape index (κ1) is 18.9. The zero-order valence-electron chi connectivity index (χ0n) is 16.5. The molecule has 0 N–H and O–H groups in total. The highest BCUT2D eigenvalue weighted by Gasteiger charge is 2.23. The van der Waals surface area contributed by atoms with Gasteiger partial charge in [-0.05, 0) is 44.9 Å². The molecule has 0 saturated carbocycles. The minimum atomic E-state index is 0.112. The minimum Gasteiger partial charge on any atom is -0.467 e. The number of carbonyl (C=O) groups excluding carboxylic acids is 1. The fourth-order valence-electron chi connectivity index (χ4n) is 3.58. The predicted octanol–water partition coefficient (Wildman–Crippen LogP) is 3.45. The van der Waals surface area contributed by atoms with E-state index in [1.54, 1.807) is 6.26 Å². The second-order valence-corrected chi connectivity index (χ2v) is 8.14. The van der Waals surface area contributed by atoms with Gasteiger partial charge in [-0.3, -0.25) is 9.36 Å². The zero-order valence-corrected chi connectivity index (χ0v) is 17.3. The Hall–Kier alpha value is -2.48. The van der Waals surface area contributed by atoms with Gasteiger partial charge in [0.2, 0.25) is 5.95 Å². The van der Waals surface area contributed by atoms with E-state index in [-0.39, 0.29) is 5.78 Å². The van der Waals surface area contributed by atoms with Gasteiger partial charge in [0, 0.05) is 37.1 Å². The number of anilines is 1. The number of hydrogen-bond acceptors (Lipinski definition) is 6. The highest BCUT2D eigenvalue weighted by molar-refractivity contribution is 7.99. The molecule has 0 atom stereocenters. The van der Waals surface area contributed by atoms with Crippen LogP contribution in [0.5, 0.6) is 0 Å². The maximum atomic E-state index is 12.8. The van der Waals surface area contributed by atoms with E-state index >= 15 is 0 Å². The number of aromatic nitrogens is 4. The van der Waals surface area contributed by atoms with Crippen LogP contribution in [0.2, 0.25) is 0 Å². The Bertz CT molecular complexity index is 967. The summed E-state index contributed by atoms with van der Waals surface area (Å²) in [5.41, 5.74) is 2.87. The lowest BCUT2D eigenvalue weighted by Gasteiger charge is -2.17. The first-order valence-electron chi connectivity index (χ1n) is 9.54. The van der Waals surface area contributed by atoms with Crippen LogP contribution < -0.4 is 4.90 Å². The quantitative estimate of drug-likeness (QED) is 0.448. The zero-order chi connectivity index (χ0) is 19.7. The molecule has 1 aliphatic heterocycles. The maximum Gasteiger partial charge on any atom is 0.228 e. The van der Waals surface area contributed by atoms with Crippen molar-refractivity contribution in [2.45, 2.75) is 38.4 Å². The van der Waals surface area contributed by atoms with Crippen molar-refractivity contribution in [2.75, 3.05) is 23.7 Å². The predicted molar refractivity (Wildman–Crippen MR) is 109 cm³/mol. The minimum absolute atomic E-state index is 0.112. The Balaban J connectivity index is 1.55. The summed E-state index contributed by atoms with van der Waals surface area (Å²) in [5, 5.41) is 9.56. The van der Waals surface area contributed by atoms with Crippen LogP contribution in [-0.4, -0.2) is 44.0 Å². The summed E-state index contributed by atoms with van der Waals surface area (Å²) in [5.74, 6) is 2.15. The largest absolute Gasteiger partial charge is 0.467 e. The SMILES string of the molecule is Cc1cc(C(=O)CSc2nnc(N3CCCC3)n2Cc2ccco2)c(C)n1C. The molecule has 1 fully saturated rings. The van der Waals surface area contributed by atoms with Crippen LogP contribution in [-0.2, 0) is 13.6 Å². The van der Waals surface area contributed by atoms with Crippen molar-refractivity contribution in [1.82, 2.24) is 19.3 Å². The van der Waals surface area contributed by atoms with E-state index in [0.29, 0.717) is 12.3 Å². The molecule has 0 bridgehead atoms. The van der Waals surface area contributed by atoms with E-state index in [2.05, 4.69) is 19.7 Å². The van der Waals surface area contributed by atoms with E-state index in [4.69, 9.17) is 4.42 Å². The van der Waals surface area contributed by atoms with Crippen LogP contribution in [0.25, 0.3) is 0 Å². The van der Waals surface area contributed by atoms with Gasteiger partial charge in [-0.1, -0.05) is 11.8 Å². The molecule has 0 amide bonds. The number of ketones is 1. The van der Waals surface area contributed by atoms with Gasteiger partial charge >= 0.3 is 0 Å². The third-order valence-electron chi connectivity index (χ3n) is 5.39. The van der Waals surface area contributed by atoms with E-state index in [9.17, 15) is 4.79 Å². The van der Waals surface area contributed by atoms with Gasteiger partial charge < -0.3 is 13.9 Å². The fraction of sp³-hybridized carbons (Fsp3) is 0.450. The summed E-state index contributed by atoms with van der Waals surface area (Å²) in [7, 11) is 1.98. The number of thioether (sulfide) groups is 1. The molecule has 3 aromatic heterocycles. The molecule has 148 valence electrons. The van der Waals surface area contributed by atoms with Crippen LogP contribution in [0.4, 0.5) is 5.95 Å². The Labute approximate surface area is 168 Å². The Kier molecular flexibility index (Phi) is 5.30. The Morgan fingerprint density at radius 1 is 1.25 bits per heavy atom. The van der Waals surface area contributed by atoms with Gasteiger partial charge in [0.15, 0.2) is 10.9 Å². The highest BCUT2D eigenvalue weighted by Crippen LogP contribution is 2.27. The number of hydrogen-bond donors (Lipinski definition) is 0. The second kappa shape index (κ2) is 7.87. The summed E-state index contributed by atoms with van der Waals surface area (Å²) in [6.45, 7) is 6.53. The van der Waals surface area contributed by atoms with Crippen LogP contribution >= 0.6 is 11.8 Å². The molecule has 28 heavy (non-hydrogen) atoms. The number of nitrogens with zero attached hydrogens (tertiary/aromatic N) is 5. The molecule has 0 spiro atoms. The molecule has 1 aliphatic rings. The van der Waals surface area contributed by atoms with E-state index in [1.165, 1.54) is 24.6 Å². The number of carbonyl (C=O) groups is 1. The lowest BCUT2D eigenvalue weighted by molar-refractivity contribution is 0.102. The summed E-state index contributed by atoms with van der Waals surface area (Å²) < 4.78 is 9.64. The lowest BCUT2D eigenvalue weighted by atomic mass is 10.2. The van der Waals surface area contributed by atoms with Crippen LogP contribution in [0, 0.1) is 13.8 Å². The van der Waals surface area contributed by atoms with Crippen LogP contribution in [0.1, 0.15) is 40.3 Å². The average molecular weight is 400 g/mol. The van der Waals surface area contributed by atoms with Crippen molar-refractivity contribution in [3.05, 3.63) is 47.2 Å². The molecule has 4 heterocycles. The second-order valence-electron chi connectivity index (χ2n) is 7.20. The van der Waals surface area contributed by atoms with Gasteiger partial charge in [-0.15, -0.1) is 10.2 Å². The molecular weight excluding hydrogens is 374 g/mol. The third-order valence-corrected chi connectivity index (χ3v) is 6.35. The number of rotatable bonds is 7. The summed E-state index contributed by atoms with van der Waals surface area (Å²) in [6.07, 6.45) is 4.01. The number of aryl methyl sites for hydroxylation is 1. The normalized spacial score (nSPS) is 14.2. The van der Waals surface area contributed by atoms with Gasteiger partial charge in [0.05, 0.1) is 18.6 Å². The monoisotopic (exact) mass is 399 g/mol. The van der Waals surface area contributed by atoms with E-state index in [1.807, 2.05) is 43.7 Å². The third kappa shape index (κ3) is 3.61. The molecule has 4 rings (SSSR count). The van der Waals surface area contributed by atoms with E-state index < -0.39 is 0 Å². The molecule has 3 aromatic rings. The topological polar surface area (TPSA) is 69.1 Å². The van der Waals surface area contributed by atoms with Gasteiger partial charge in [-0.2, -0.15) is 0 Å². The molecule has 0 aromatic carbocycles. The lowest BCUT2D eigenvalue weighted by Crippen LogP contribution is -2.22. The van der Waals surface area contributed by atoms with Crippen molar-refractivity contribution < 1.29 is 9.21 Å². The van der Waals surface area contributed by atoms with Crippen molar-refractivity contribution >= 4 is 23.5 Å². The van der Waals surface area contributed by atoms with Gasteiger partial charge in [0.25, 0.3) is 0 Å². The summed E-state index contributed by atoms with van der Waals surface area (Å²) in [4.78, 5) is 15.0. The van der Waals surface area contributed by atoms with Gasteiger partial charge in [0.1, 0.15) is 5.76 Å². The molecular formula is C20H25N5O2S. The standard InChI is InChI=1S/C20H25N5O2S/c1-14-11-17(15(2)23(14)3)18(26)13-28-20-22-21-19(24-8-4-5-9-24)25(20)12-16-7-6-10-27-16/h6-7,10-11H,4-5,8-9,12-13H2,1-3H3. The number of Topliss-reactive ketones (excluding diaryl/α,β-unsaturated/α-hetero) is 1. The highest BCUT2D eigenvalue weighted by atomic mass is 32.2. The summed E-state index contributed by atoms with van der Waals surface area (Å²) in [6, 6.07) is 5.79. The average Bonchev–Trinajstić information content (AvgIpc) is 3.47. The summed E-state index contributed by atoms with van der Waals surface area (Å²) >= 11 is 1.44. The van der Waals surface area contributed by atoms with Crippen LogP contribution in [0.15, 0.2) is 34.0 Å².